The number of esters is 1. The molecule has 3 nitrogen and oxygen atoms in total. The summed E-state index contributed by atoms with van der Waals surface area (Å²) >= 11 is 4.48. The fourth-order valence-corrected chi connectivity index (χ4v) is 3.91. The molecule has 1 unspecified atom stereocenters. The highest BCUT2D eigenvalue weighted by Gasteiger charge is 2.21. The van der Waals surface area contributed by atoms with Gasteiger partial charge in [-0.15, -0.1) is 12.6 Å². The molecule has 0 saturated heterocycles. The van der Waals surface area contributed by atoms with E-state index in [-0.39, 0.29) is 17.6 Å². The molecular formula is C24H32O3S. The Morgan fingerprint density at radius 3 is 2.21 bits per heavy atom. The van der Waals surface area contributed by atoms with Crippen LogP contribution in [-0.2, 0) is 22.4 Å². The van der Waals surface area contributed by atoms with Gasteiger partial charge in [0.15, 0.2) is 0 Å². The second-order valence-electron chi connectivity index (χ2n) is 7.35. The van der Waals surface area contributed by atoms with Crippen molar-refractivity contribution in [1.29, 1.82) is 0 Å². The summed E-state index contributed by atoms with van der Waals surface area (Å²) < 4.78 is 4.88. The molecule has 1 N–H and O–H groups in total. The number of benzene rings is 2. The number of ether oxygens (including phenoxy) is 1. The average molecular weight is 401 g/mol. The first-order valence-electron chi connectivity index (χ1n) is 10.2. The zero-order chi connectivity index (χ0) is 20.4. The van der Waals surface area contributed by atoms with E-state index in [9.17, 15) is 9.90 Å². The molecule has 0 aliphatic carbocycles. The van der Waals surface area contributed by atoms with Crippen molar-refractivity contribution in [3.63, 3.8) is 0 Å². The summed E-state index contributed by atoms with van der Waals surface area (Å²) in [5.41, 5.74) is 3.28. The van der Waals surface area contributed by atoms with Crippen LogP contribution in [0.15, 0.2) is 47.4 Å². The van der Waals surface area contributed by atoms with E-state index in [4.69, 9.17) is 4.74 Å². The molecule has 0 aliphatic heterocycles. The van der Waals surface area contributed by atoms with E-state index in [1.165, 1.54) is 38.4 Å². The van der Waals surface area contributed by atoms with Gasteiger partial charge in [0.05, 0.1) is 13.0 Å². The summed E-state index contributed by atoms with van der Waals surface area (Å²) in [7, 11) is 1.40. The minimum atomic E-state index is -0.357. The minimum Gasteiger partial charge on any atom is -0.507 e. The van der Waals surface area contributed by atoms with Crippen LogP contribution in [0.2, 0.25) is 0 Å². The summed E-state index contributed by atoms with van der Waals surface area (Å²) in [6, 6.07) is 14.1. The molecule has 0 aliphatic rings. The van der Waals surface area contributed by atoms with Gasteiger partial charge >= 0.3 is 5.97 Å². The number of thiol groups is 1. The Hall–Kier alpha value is -1.94. The molecule has 2 aromatic carbocycles. The predicted molar refractivity (Wildman–Crippen MR) is 117 cm³/mol. The van der Waals surface area contributed by atoms with Crippen LogP contribution in [0.3, 0.4) is 0 Å². The lowest BCUT2D eigenvalue weighted by molar-refractivity contribution is -0.142. The molecular weight excluding hydrogens is 368 g/mol. The van der Waals surface area contributed by atoms with Crippen LogP contribution in [-0.4, -0.2) is 18.2 Å². The molecule has 2 rings (SSSR count). The van der Waals surface area contributed by atoms with Gasteiger partial charge in [0.25, 0.3) is 0 Å². The Bertz CT molecular complexity index is 743. The lowest BCUT2D eigenvalue weighted by Crippen LogP contribution is -2.13. The van der Waals surface area contributed by atoms with E-state index >= 15 is 0 Å². The van der Waals surface area contributed by atoms with Crippen LogP contribution < -0.4 is 0 Å². The first-order chi connectivity index (χ1) is 13.5. The molecule has 0 bridgehead atoms. The molecule has 0 heterocycles. The monoisotopic (exact) mass is 400 g/mol. The van der Waals surface area contributed by atoms with Crippen molar-refractivity contribution in [2.75, 3.05) is 7.11 Å². The lowest BCUT2D eigenvalue weighted by Gasteiger charge is -2.17. The van der Waals surface area contributed by atoms with Gasteiger partial charge in [0.1, 0.15) is 5.75 Å². The van der Waals surface area contributed by atoms with Crippen LogP contribution in [0.25, 0.3) is 0 Å². The van der Waals surface area contributed by atoms with Crippen LogP contribution in [0.1, 0.15) is 68.1 Å². The first-order valence-corrected chi connectivity index (χ1v) is 10.6. The maximum atomic E-state index is 11.9. The zero-order valence-corrected chi connectivity index (χ0v) is 17.9. The van der Waals surface area contributed by atoms with Crippen molar-refractivity contribution in [1.82, 2.24) is 0 Å². The van der Waals surface area contributed by atoms with Crippen molar-refractivity contribution in [2.24, 2.45) is 0 Å². The molecule has 4 heteroatoms. The second-order valence-corrected chi connectivity index (χ2v) is 7.80. The van der Waals surface area contributed by atoms with Crippen molar-refractivity contribution in [2.45, 2.75) is 69.1 Å². The van der Waals surface area contributed by atoms with Crippen molar-refractivity contribution in [3.8, 4) is 5.75 Å². The largest absolute Gasteiger partial charge is 0.507 e. The lowest BCUT2D eigenvalue weighted by atomic mass is 9.92. The molecule has 2 aromatic rings. The average Bonchev–Trinajstić information content (AvgIpc) is 2.72. The molecule has 152 valence electrons. The molecule has 0 amide bonds. The van der Waals surface area contributed by atoms with E-state index in [1.807, 2.05) is 13.0 Å². The predicted octanol–water partition coefficient (Wildman–Crippen LogP) is 6.08. The van der Waals surface area contributed by atoms with Crippen LogP contribution in [0, 0.1) is 0 Å². The molecule has 1 atom stereocenters. The SMILES string of the molecule is COC(=O)C(C)c1ccc(O)c(S)c1CCCCCCCCc1ccccc1. The fraction of sp³-hybridized carbons (Fsp3) is 0.458. The third kappa shape index (κ3) is 6.59. The quantitative estimate of drug-likeness (QED) is 0.273. The maximum Gasteiger partial charge on any atom is 0.312 e. The van der Waals surface area contributed by atoms with E-state index in [1.54, 1.807) is 6.07 Å². The number of aromatic hydroxyl groups is 1. The minimum absolute atomic E-state index is 0.167. The Morgan fingerprint density at radius 2 is 1.57 bits per heavy atom. The first kappa shape index (κ1) is 22.4. The number of phenols is 1. The Kier molecular flexibility index (Phi) is 9.42. The highest BCUT2D eigenvalue weighted by atomic mass is 32.1. The number of unbranched alkanes of at least 4 members (excludes halogenated alkanes) is 5. The van der Waals surface area contributed by atoms with Gasteiger partial charge < -0.3 is 9.84 Å². The highest BCUT2D eigenvalue weighted by molar-refractivity contribution is 7.80. The Labute approximate surface area is 174 Å². The molecule has 0 radical (unpaired) electrons. The fourth-order valence-electron chi connectivity index (χ4n) is 3.59. The highest BCUT2D eigenvalue weighted by Crippen LogP contribution is 2.33. The summed E-state index contributed by atoms with van der Waals surface area (Å²) in [5.74, 6) is -0.456. The topological polar surface area (TPSA) is 46.5 Å². The molecule has 28 heavy (non-hydrogen) atoms. The number of hydrogen-bond donors (Lipinski definition) is 2. The number of hydrogen-bond acceptors (Lipinski definition) is 4. The van der Waals surface area contributed by atoms with Crippen LogP contribution >= 0.6 is 12.6 Å². The van der Waals surface area contributed by atoms with Crippen molar-refractivity contribution >= 4 is 18.6 Å². The number of rotatable bonds is 11. The van der Waals surface area contributed by atoms with Gasteiger partial charge in [0, 0.05) is 4.90 Å². The summed E-state index contributed by atoms with van der Waals surface area (Å²) in [6.07, 6.45) is 9.07. The van der Waals surface area contributed by atoms with Gasteiger partial charge in [-0.25, -0.2) is 0 Å². The summed E-state index contributed by atoms with van der Waals surface area (Å²) in [5, 5.41) is 10.0. The second kappa shape index (κ2) is 11.8. The third-order valence-electron chi connectivity index (χ3n) is 5.30. The van der Waals surface area contributed by atoms with Crippen molar-refractivity contribution in [3.05, 3.63) is 59.2 Å². The number of methoxy groups -OCH3 is 1. The van der Waals surface area contributed by atoms with Crippen LogP contribution in [0.5, 0.6) is 5.75 Å². The van der Waals surface area contributed by atoms with Gasteiger partial charge in [-0.2, -0.15) is 0 Å². The number of aryl methyl sites for hydroxylation is 1. The van der Waals surface area contributed by atoms with Gasteiger partial charge in [-0.1, -0.05) is 62.1 Å². The smallest absolute Gasteiger partial charge is 0.312 e. The standard InChI is InChI=1S/C24H32O3S/c1-18(24(26)27-2)20-16-17-22(25)23(28)21(20)15-11-6-4-3-5-8-12-19-13-9-7-10-14-19/h7,9-10,13-14,16-18,25,28H,3-6,8,11-12,15H2,1-2H3. The summed E-state index contributed by atoms with van der Waals surface area (Å²) in [6.45, 7) is 1.83. The molecule has 0 fully saturated rings. The van der Waals surface area contributed by atoms with E-state index in [2.05, 4.69) is 43.0 Å². The van der Waals surface area contributed by atoms with Gasteiger partial charge in [0.2, 0.25) is 0 Å². The third-order valence-corrected chi connectivity index (χ3v) is 5.80. The van der Waals surface area contributed by atoms with E-state index < -0.39 is 0 Å². The summed E-state index contributed by atoms with van der Waals surface area (Å²) in [4.78, 5) is 12.5. The zero-order valence-electron chi connectivity index (χ0n) is 17.0. The Balaban J connectivity index is 1.76. The van der Waals surface area contributed by atoms with Crippen LogP contribution in [0.4, 0.5) is 0 Å². The van der Waals surface area contributed by atoms with Crippen molar-refractivity contribution < 1.29 is 14.6 Å². The van der Waals surface area contributed by atoms with E-state index in [0.717, 1.165) is 36.8 Å². The Morgan fingerprint density at radius 1 is 0.964 bits per heavy atom. The molecule has 0 saturated carbocycles. The number of carbonyl (C=O) groups excluding carboxylic acids is 1. The molecule has 0 spiro atoms. The number of carbonyl (C=O) groups is 1. The maximum absolute atomic E-state index is 11.9. The normalized spacial score (nSPS) is 12.0. The van der Waals surface area contributed by atoms with Gasteiger partial charge in [-0.05, 0) is 55.4 Å². The molecule has 0 aromatic heterocycles. The number of phenolic OH excluding ortho intramolecular Hbond substituents is 1. The van der Waals surface area contributed by atoms with E-state index in [0.29, 0.717) is 4.90 Å². The van der Waals surface area contributed by atoms with Gasteiger partial charge in [-0.3, -0.25) is 4.79 Å².